The molecule has 9 heteroatoms. The number of rotatable bonds is 5. The van der Waals surface area contributed by atoms with Crippen molar-refractivity contribution >= 4 is 28.6 Å². The lowest BCUT2D eigenvalue weighted by molar-refractivity contribution is -0.145. The maximum atomic E-state index is 13.5. The molecule has 28 heavy (non-hydrogen) atoms. The summed E-state index contributed by atoms with van der Waals surface area (Å²) in [6.07, 6.45) is -4.68. The van der Waals surface area contributed by atoms with Gasteiger partial charge >= 0.3 is 6.18 Å². The number of halogens is 4. The van der Waals surface area contributed by atoms with E-state index in [9.17, 15) is 22.4 Å². The summed E-state index contributed by atoms with van der Waals surface area (Å²) >= 11 is 0.892. The number of fused-ring (bicyclic) bond motifs is 1. The van der Waals surface area contributed by atoms with Gasteiger partial charge in [-0.25, -0.2) is 14.4 Å². The Labute approximate surface area is 162 Å². The number of alkyl halides is 3. The summed E-state index contributed by atoms with van der Waals surface area (Å²) in [5, 5.41) is 3.13. The van der Waals surface area contributed by atoms with Crippen LogP contribution in [0.5, 0.6) is 0 Å². The molecule has 3 aromatic rings. The van der Waals surface area contributed by atoms with E-state index in [1.54, 1.807) is 37.3 Å². The van der Waals surface area contributed by atoms with Crippen LogP contribution in [0.25, 0.3) is 10.9 Å². The Kier molecular flexibility index (Phi) is 5.83. The first-order valence-electron chi connectivity index (χ1n) is 8.22. The molecule has 0 radical (unpaired) electrons. The fourth-order valence-electron chi connectivity index (χ4n) is 2.42. The predicted molar refractivity (Wildman–Crippen MR) is 98.2 cm³/mol. The van der Waals surface area contributed by atoms with E-state index in [1.807, 2.05) is 0 Å². The third kappa shape index (κ3) is 4.78. The van der Waals surface area contributed by atoms with Gasteiger partial charge in [-0.3, -0.25) is 4.79 Å². The molecule has 1 N–H and O–H groups in total. The lowest BCUT2D eigenvalue weighted by Crippen LogP contribution is -2.24. The Morgan fingerprint density at radius 2 is 1.89 bits per heavy atom. The van der Waals surface area contributed by atoms with E-state index in [0.29, 0.717) is 16.5 Å². The fraction of sp³-hybridized carbons (Fsp3) is 0.211. The number of aryl methyl sites for hydroxylation is 1. The molecule has 0 aliphatic carbocycles. The Hall–Kier alpha value is -2.68. The van der Waals surface area contributed by atoms with Gasteiger partial charge in [0.25, 0.3) is 0 Å². The highest BCUT2D eigenvalue weighted by molar-refractivity contribution is 8.00. The molecule has 0 aliphatic heterocycles. The van der Waals surface area contributed by atoms with Crippen LogP contribution in [-0.4, -0.2) is 21.6 Å². The van der Waals surface area contributed by atoms with Crippen LogP contribution in [0.2, 0.25) is 0 Å². The first-order valence-corrected chi connectivity index (χ1v) is 9.21. The van der Waals surface area contributed by atoms with Crippen LogP contribution >= 0.6 is 11.8 Å². The molecule has 146 valence electrons. The largest absolute Gasteiger partial charge is 0.451 e. The summed E-state index contributed by atoms with van der Waals surface area (Å²) in [6, 6.07) is 10.9. The second-order valence-corrected chi connectivity index (χ2v) is 6.98. The number of nitrogens with zero attached hydrogens (tertiary/aromatic N) is 2. The van der Waals surface area contributed by atoms with E-state index in [-0.39, 0.29) is 28.7 Å². The topological polar surface area (TPSA) is 54.9 Å². The van der Waals surface area contributed by atoms with E-state index >= 15 is 0 Å². The highest BCUT2D eigenvalue weighted by atomic mass is 32.2. The molecule has 1 heterocycles. The summed E-state index contributed by atoms with van der Waals surface area (Å²) in [4.78, 5) is 19.2. The van der Waals surface area contributed by atoms with Gasteiger partial charge in [-0.2, -0.15) is 13.2 Å². The number of amides is 1. The van der Waals surface area contributed by atoms with E-state index < -0.39 is 17.9 Å². The molecule has 0 saturated heterocycles. The number of nitrogens with one attached hydrogen (secondary N) is 1. The molecule has 1 amide bonds. The highest BCUT2D eigenvalue weighted by Crippen LogP contribution is 2.31. The van der Waals surface area contributed by atoms with Gasteiger partial charge in [-0.15, -0.1) is 0 Å². The predicted octanol–water partition coefficient (Wildman–Crippen LogP) is 4.50. The minimum absolute atomic E-state index is 0.0782. The maximum absolute atomic E-state index is 13.5. The molecule has 0 saturated carbocycles. The number of hydrogen-bond donors (Lipinski definition) is 1. The van der Waals surface area contributed by atoms with Crippen LogP contribution in [0.15, 0.2) is 47.5 Å². The first kappa shape index (κ1) is 20.1. The Morgan fingerprint density at radius 3 is 2.61 bits per heavy atom. The third-order valence-electron chi connectivity index (χ3n) is 3.89. The summed E-state index contributed by atoms with van der Waals surface area (Å²) < 4.78 is 52.6. The average Bonchev–Trinajstić information content (AvgIpc) is 2.66. The summed E-state index contributed by atoms with van der Waals surface area (Å²) in [7, 11) is 0. The molecule has 0 spiro atoms. The van der Waals surface area contributed by atoms with E-state index in [1.165, 1.54) is 12.1 Å². The van der Waals surface area contributed by atoms with Crippen LogP contribution in [0, 0.1) is 12.7 Å². The zero-order valence-corrected chi connectivity index (χ0v) is 15.5. The molecule has 1 aromatic heterocycles. The van der Waals surface area contributed by atoms with Gasteiger partial charge in [0.2, 0.25) is 11.7 Å². The van der Waals surface area contributed by atoms with Gasteiger partial charge in [0.1, 0.15) is 10.8 Å². The molecule has 0 fully saturated rings. The first-order chi connectivity index (χ1) is 13.2. The lowest BCUT2D eigenvalue weighted by Gasteiger charge is -2.10. The summed E-state index contributed by atoms with van der Waals surface area (Å²) in [5.74, 6) is -2.15. The van der Waals surface area contributed by atoms with Crippen molar-refractivity contribution in [3.63, 3.8) is 0 Å². The summed E-state index contributed by atoms with van der Waals surface area (Å²) in [5.41, 5.74) is 1.25. The SMILES string of the molecule is Cc1ccc(CNC(=O)CSc2nc(C(F)(F)F)nc3ccccc23)cc1F. The van der Waals surface area contributed by atoms with Crippen LogP contribution in [0.4, 0.5) is 17.6 Å². The zero-order valence-electron chi connectivity index (χ0n) is 14.7. The van der Waals surface area contributed by atoms with Crippen LogP contribution < -0.4 is 5.32 Å². The smallest absolute Gasteiger partial charge is 0.351 e. The van der Waals surface area contributed by atoms with Gasteiger partial charge < -0.3 is 5.32 Å². The van der Waals surface area contributed by atoms with E-state index in [2.05, 4.69) is 15.3 Å². The molecule has 3 rings (SSSR count). The molecule has 0 atom stereocenters. The average molecular weight is 409 g/mol. The van der Waals surface area contributed by atoms with Crippen molar-refractivity contribution in [2.45, 2.75) is 24.7 Å². The second-order valence-electron chi connectivity index (χ2n) is 6.02. The fourth-order valence-corrected chi connectivity index (χ4v) is 3.27. The Morgan fingerprint density at radius 1 is 1.14 bits per heavy atom. The van der Waals surface area contributed by atoms with Crippen molar-refractivity contribution in [1.29, 1.82) is 0 Å². The molecule has 2 aromatic carbocycles. The number of carbonyl (C=O) groups is 1. The molecular formula is C19H15F4N3OS. The van der Waals surface area contributed by atoms with Gasteiger partial charge in [-0.1, -0.05) is 42.1 Å². The minimum Gasteiger partial charge on any atom is -0.351 e. The van der Waals surface area contributed by atoms with Crippen molar-refractivity contribution < 1.29 is 22.4 Å². The number of hydrogen-bond acceptors (Lipinski definition) is 4. The van der Waals surface area contributed by atoms with Gasteiger partial charge in [-0.05, 0) is 30.2 Å². The van der Waals surface area contributed by atoms with Crippen molar-refractivity contribution in [3.8, 4) is 0 Å². The summed E-state index contributed by atoms with van der Waals surface area (Å²) in [6.45, 7) is 1.75. The molecular weight excluding hydrogens is 394 g/mol. The van der Waals surface area contributed by atoms with Crippen molar-refractivity contribution in [2.75, 3.05) is 5.75 Å². The minimum atomic E-state index is -4.68. The van der Waals surface area contributed by atoms with E-state index in [4.69, 9.17) is 0 Å². The van der Waals surface area contributed by atoms with E-state index in [0.717, 1.165) is 11.8 Å². The number of benzene rings is 2. The number of carbonyl (C=O) groups excluding carboxylic acids is 1. The quantitative estimate of drug-likeness (QED) is 0.383. The number of thioether (sulfide) groups is 1. The molecule has 0 bridgehead atoms. The Bertz CT molecular complexity index is 1020. The van der Waals surface area contributed by atoms with Crippen LogP contribution in [0.3, 0.4) is 0 Å². The molecule has 0 aliphatic rings. The second kappa shape index (κ2) is 8.14. The van der Waals surface area contributed by atoms with Gasteiger partial charge in [0.05, 0.1) is 11.3 Å². The standard InChI is InChI=1S/C19H15F4N3OS/c1-11-6-7-12(8-14(11)20)9-24-16(27)10-28-17-13-4-2-3-5-15(13)25-18(26-17)19(21,22)23/h2-8H,9-10H2,1H3,(H,24,27). The van der Waals surface area contributed by atoms with Crippen LogP contribution in [-0.2, 0) is 17.5 Å². The van der Waals surface area contributed by atoms with Crippen molar-refractivity contribution in [2.24, 2.45) is 0 Å². The zero-order chi connectivity index (χ0) is 20.3. The Balaban J connectivity index is 1.70. The number of para-hydroxylation sites is 1. The van der Waals surface area contributed by atoms with Gasteiger partial charge in [0, 0.05) is 11.9 Å². The molecule has 4 nitrogen and oxygen atoms in total. The van der Waals surface area contributed by atoms with Crippen molar-refractivity contribution in [3.05, 3.63) is 65.2 Å². The normalized spacial score (nSPS) is 11.6. The number of aromatic nitrogens is 2. The molecule has 0 unspecified atom stereocenters. The third-order valence-corrected chi connectivity index (χ3v) is 4.88. The highest BCUT2D eigenvalue weighted by Gasteiger charge is 2.35. The van der Waals surface area contributed by atoms with Crippen molar-refractivity contribution in [1.82, 2.24) is 15.3 Å². The van der Waals surface area contributed by atoms with Crippen LogP contribution in [0.1, 0.15) is 17.0 Å². The lowest BCUT2D eigenvalue weighted by atomic mass is 10.1. The maximum Gasteiger partial charge on any atom is 0.451 e. The monoisotopic (exact) mass is 409 g/mol. The van der Waals surface area contributed by atoms with Gasteiger partial charge in [0.15, 0.2) is 0 Å².